The molecule has 6 nitrogen and oxygen atoms in total. The van der Waals surface area contributed by atoms with Crippen LogP contribution in [0.15, 0.2) is 24.3 Å². The van der Waals surface area contributed by atoms with Crippen LogP contribution < -0.4 is 5.32 Å². The second kappa shape index (κ2) is 7.74. The zero-order valence-electron chi connectivity index (χ0n) is 16.7. The van der Waals surface area contributed by atoms with Gasteiger partial charge >= 0.3 is 6.09 Å². The minimum atomic E-state index is -0.808. The van der Waals surface area contributed by atoms with Crippen molar-refractivity contribution in [2.45, 2.75) is 56.9 Å². The summed E-state index contributed by atoms with van der Waals surface area (Å²) in [6.45, 7) is 5.21. The lowest BCUT2D eigenvalue weighted by molar-refractivity contribution is -0.122. The Bertz CT molecular complexity index is 734. The van der Waals surface area contributed by atoms with Crippen molar-refractivity contribution in [3.63, 3.8) is 0 Å². The number of hydrogen-bond acceptors (Lipinski definition) is 3. The lowest BCUT2D eigenvalue weighted by Crippen LogP contribution is -2.48. The number of nitrogens with one attached hydrogen (secondary N) is 1. The Hall–Kier alpha value is -2.08. The van der Waals surface area contributed by atoms with E-state index in [9.17, 15) is 14.7 Å². The highest BCUT2D eigenvalue weighted by atomic mass is 16.4. The summed E-state index contributed by atoms with van der Waals surface area (Å²) in [5.41, 5.74) is 1.85. The molecule has 1 aliphatic carbocycles. The topological polar surface area (TPSA) is 72.9 Å². The maximum Gasteiger partial charge on any atom is 0.407 e. The average molecular weight is 386 g/mol. The van der Waals surface area contributed by atoms with Gasteiger partial charge in [-0.2, -0.15) is 0 Å². The number of carboxylic acid groups (broad SMARTS) is 1. The normalized spacial score (nSPS) is 28.2. The van der Waals surface area contributed by atoms with Gasteiger partial charge in [-0.1, -0.05) is 18.2 Å². The molecule has 0 aromatic heterocycles. The molecule has 1 saturated carbocycles. The predicted octanol–water partition coefficient (Wildman–Crippen LogP) is 3.53. The van der Waals surface area contributed by atoms with Crippen molar-refractivity contribution in [3.05, 3.63) is 29.8 Å². The monoisotopic (exact) mass is 385 g/mol. The molecule has 4 rings (SSSR count). The Balaban J connectivity index is 1.32. The maximum atomic E-state index is 12.7. The summed E-state index contributed by atoms with van der Waals surface area (Å²) in [4.78, 5) is 28.1. The van der Waals surface area contributed by atoms with Gasteiger partial charge in [0, 0.05) is 24.8 Å². The fraction of sp³-hybridized carbons (Fsp3) is 0.636. The summed E-state index contributed by atoms with van der Waals surface area (Å²) in [6.07, 6.45) is 5.28. The largest absolute Gasteiger partial charge is 0.465 e. The molecule has 0 atom stereocenters. The predicted molar refractivity (Wildman–Crippen MR) is 109 cm³/mol. The first-order valence-corrected chi connectivity index (χ1v) is 10.7. The van der Waals surface area contributed by atoms with Gasteiger partial charge in [-0.3, -0.25) is 4.79 Å². The minimum absolute atomic E-state index is 0.180. The van der Waals surface area contributed by atoms with Crippen LogP contribution in [0.25, 0.3) is 0 Å². The number of carbonyl (C=O) groups excluding carboxylic acids is 1. The number of para-hydroxylation sites is 1. The fourth-order valence-corrected chi connectivity index (χ4v) is 5.49. The Kier molecular flexibility index (Phi) is 5.32. The van der Waals surface area contributed by atoms with Crippen LogP contribution in [-0.4, -0.2) is 59.1 Å². The molecule has 2 heterocycles. The lowest BCUT2D eigenvalue weighted by atomic mass is 9.68. The van der Waals surface area contributed by atoms with Gasteiger partial charge in [-0.15, -0.1) is 0 Å². The first-order chi connectivity index (χ1) is 13.5. The molecule has 0 radical (unpaired) electrons. The molecule has 2 amide bonds. The van der Waals surface area contributed by atoms with E-state index in [4.69, 9.17) is 0 Å². The van der Waals surface area contributed by atoms with Gasteiger partial charge in [-0.25, -0.2) is 4.79 Å². The molecule has 2 aliphatic heterocycles. The van der Waals surface area contributed by atoms with Crippen LogP contribution in [0.1, 0.15) is 51.0 Å². The van der Waals surface area contributed by atoms with Crippen LogP contribution in [0.2, 0.25) is 0 Å². The number of fused-ring (bicyclic) bond motifs is 2. The van der Waals surface area contributed by atoms with Crippen LogP contribution in [-0.2, 0) is 10.2 Å². The molecule has 0 unspecified atom stereocenters. The molecule has 0 bridgehead atoms. The zero-order valence-corrected chi connectivity index (χ0v) is 16.7. The van der Waals surface area contributed by atoms with E-state index in [1.807, 2.05) is 25.1 Å². The van der Waals surface area contributed by atoms with Crippen LogP contribution in [0.3, 0.4) is 0 Å². The number of amides is 2. The number of piperidine rings is 1. The Morgan fingerprint density at radius 2 is 1.89 bits per heavy atom. The van der Waals surface area contributed by atoms with Gasteiger partial charge in [0.05, 0.1) is 5.41 Å². The molecule has 1 aromatic rings. The molecular weight excluding hydrogens is 354 g/mol. The van der Waals surface area contributed by atoms with Crippen molar-refractivity contribution in [1.82, 2.24) is 9.80 Å². The number of likely N-dealkylation sites (tertiary alicyclic amines) is 1. The van der Waals surface area contributed by atoms with E-state index < -0.39 is 6.09 Å². The van der Waals surface area contributed by atoms with E-state index in [1.165, 1.54) is 10.5 Å². The standard InChI is InChI=1S/C22H31N3O3/c1-2-24(21(27)28)15-16-9-13-25(14-10-16)17-7-11-22(12-8-17)18-5-3-4-6-19(18)23-20(22)26/h3-6,16-17H,2,7-15H2,1H3,(H,23,26)(H,27,28). The molecule has 3 aliphatic rings. The number of benzene rings is 1. The Morgan fingerprint density at radius 3 is 2.54 bits per heavy atom. The fourth-order valence-electron chi connectivity index (χ4n) is 5.49. The lowest BCUT2D eigenvalue weighted by Gasteiger charge is -2.43. The minimum Gasteiger partial charge on any atom is -0.465 e. The smallest absolute Gasteiger partial charge is 0.407 e. The van der Waals surface area contributed by atoms with E-state index in [-0.39, 0.29) is 11.3 Å². The summed E-state index contributed by atoms with van der Waals surface area (Å²) in [5.74, 6) is 0.647. The molecule has 2 fully saturated rings. The Labute approximate surface area is 166 Å². The molecule has 1 spiro atoms. The van der Waals surface area contributed by atoms with E-state index >= 15 is 0 Å². The van der Waals surface area contributed by atoms with Crippen molar-refractivity contribution < 1.29 is 14.7 Å². The first-order valence-electron chi connectivity index (χ1n) is 10.7. The summed E-state index contributed by atoms with van der Waals surface area (Å²) in [6, 6.07) is 8.69. The quantitative estimate of drug-likeness (QED) is 0.832. The van der Waals surface area contributed by atoms with Crippen molar-refractivity contribution in [2.24, 2.45) is 5.92 Å². The van der Waals surface area contributed by atoms with E-state index in [2.05, 4.69) is 16.3 Å². The van der Waals surface area contributed by atoms with Gasteiger partial charge in [0.15, 0.2) is 0 Å². The molecular formula is C22H31N3O3. The zero-order chi connectivity index (χ0) is 19.7. The van der Waals surface area contributed by atoms with Gasteiger partial charge in [0.1, 0.15) is 0 Å². The third-order valence-electron chi connectivity index (χ3n) is 7.23. The summed E-state index contributed by atoms with van der Waals surface area (Å²) < 4.78 is 0. The van der Waals surface area contributed by atoms with Crippen molar-refractivity contribution in [2.75, 3.05) is 31.5 Å². The van der Waals surface area contributed by atoms with E-state index in [1.54, 1.807) is 0 Å². The highest BCUT2D eigenvalue weighted by Gasteiger charge is 2.49. The van der Waals surface area contributed by atoms with E-state index in [0.29, 0.717) is 25.0 Å². The average Bonchev–Trinajstić information content (AvgIpc) is 2.98. The summed E-state index contributed by atoms with van der Waals surface area (Å²) >= 11 is 0. The first kappa shape index (κ1) is 19.2. The van der Waals surface area contributed by atoms with Gasteiger partial charge in [0.25, 0.3) is 0 Å². The second-order valence-electron chi connectivity index (χ2n) is 8.61. The third-order valence-corrected chi connectivity index (χ3v) is 7.23. The van der Waals surface area contributed by atoms with Crippen LogP contribution in [0.5, 0.6) is 0 Å². The van der Waals surface area contributed by atoms with Crippen molar-refractivity contribution in [1.29, 1.82) is 0 Å². The number of nitrogens with zero attached hydrogens (tertiary/aromatic N) is 2. The van der Waals surface area contributed by atoms with Crippen LogP contribution in [0.4, 0.5) is 10.5 Å². The molecule has 6 heteroatoms. The number of anilines is 1. The maximum absolute atomic E-state index is 12.7. The summed E-state index contributed by atoms with van der Waals surface area (Å²) in [7, 11) is 0. The second-order valence-corrected chi connectivity index (χ2v) is 8.61. The third kappa shape index (κ3) is 3.39. The Morgan fingerprint density at radius 1 is 1.21 bits per heavy atom. The number of rotatable bonds is 4. The van der Waals surface area contributed by atoms with Crippen molar-refractivity contribution >= 4 is 17.7 Å². The number of hydrogen-bond donors (Lipinski definition) is 2. The van der Waals surface area contributed by atoms with Crippen LogP contribution in [0, 0.1) is 5.92 Å². The number of carbonyl (C=O) groups is 2. The summed E-state index contributed by atoms with van der Waals surface area (Å²) in [5, 5.41) is 12.3. The molecule has 2 N–H and O–H groups in total. The van der Waals surface area contributed by atoms with Crippen molar-refractivity contribution in [3.8, 4) is 0 Å². The highest BCUT2D eigenvalue weighted by molar-refractivity contribution is 6.06. The van der Waals surface area contributed by atoms with Gasteiger partial charge < -0.3 is 20.2 Å². The highest BCUT2D eigenvalue weighted by Crippen LogP contribution is 2.48. The molecule has 152 valence electrons. The van der Waals surface area contributed by atoms with Gasteiger partial charge in [-0.05, 0) is 76.1 Å². The molecule has 28 heavy (non-hydrogen) atoms. The van der Waals surface area contributed by atoms with Crippen LogP contribution >= 0.6 is 0 Å². The molecule has 1 aromatic carbocycles. The van der Waals surface area contributed by atoms with E-state index in [0.717, 1.165) is 57.3 Å². The SMILES string of the molecule is CCN(CC1CCN(C2CCC3(CC2)C(=O)Nc2ccccc23)CC1)C(=O)O. The molecule has 1 saturated heterocycles. The van der Waals surface area contributed by atoms with Gasteiger partial charge in [0.2, 0.25) is 5.91 Å².